The van der Waals surface area contributed by atoms with E-state index in [0.29, 0.717) is 11.3 Å². The molecule has 90 valence electrons. The first-order chi connectivity index (χ1) is 7.99. The molecule has 0 spiro atoms. The average Bonchev–Trinajstić information content (AvgIpc) is 2.68. The molecule has 0 radical (unpaired) electrons. The zero-order chi connectivity index (χ0) is 12.5. The normalized spacial score (nSPS) is 11.4. The maximum atomic E-state index is 12.0. The topological polar surface area (TPSA) is 85.3 Å². The van der Waals surface area contributed by atoms with Crippen LogP contribution in [0.15, 0.2) is 45.9 Å². The number of nitrogens with two attached hydrogens (primary N) is 1. The molecule has 6 heteroatoms. The molecule has 0 fully saturated rings. The summed E-state index contributed by atoms with van der Waals surface area (Å²) in [6.45, 7) is 1.69. The summed E-state index contributed by atoms with van der Waals surface area (Å²) in [5.74, 6) is 0.182. The van der Waals surface area contributed by atoms with E-state index in [2.05, 4.69) is 4.72 Å². The molecule has 3 N–H and O–H groups in total. The van der Waals surface area contributed by atoms with Crippen molar-refractivity contribution in [3.05, 3.63) is 42.2 Å². The van der Waals surface area contributed by atoms with Crippen LogP contribution in [-0.2, 0) is 10.0 Å². The Kier molecular flexibility index (Phi) is 2.81. The lowest BCUT2D eigenvalue weighted by Gasteiger charge is -2.08. The van der Waals surface area contributed by atoms with Crippen molar-refractivity contribution in [1.29, 1.82) is 0 Å². The molecule has 0 bridgehead atoms. The van der Waals surface area contributed by atoms with Crippen molar-refractivity contribution in [2.45, 2.75) is 11.8 Å². The van der Waals surface area contributed by atoms with Crippen LogP contribution in [0.3, 0.4) is 0 Å². The molecule has 0 atom stereocenters. The van der Waals surface area contributed by atoms with Crippen molar-refractivity contribution >= 4 is 21.6 Å². The van der Waals surface area contributed by atoms with Crippen LogP contribution in [-0.4, -0.2) is 8.42 Å². The summed E-state index contributed by atoms with van der Waals surface area (Å²) in [6, 6.07) is 7.76. The lowest BCUT2D eigenvalue weighted by Crippen LogP contribution is -2.13. The second-order valence-corrected chi connectivity index (χ2v) is 5.26. The number of hydrogen-bond acceptors (Lipinski definition) is 4. The number of sulfonamides is 1. The third-order valence-electron chi connectivity index (χ3n) is 2.24. The Balaban J connectivity index is 2.38. The van der Waals surface area contributed by atoms with Crippen molar-refractivity contribution < 1.29 is 12.8 Å². The SMILES string of the molecule is Cc1cc(N)ccc1S(=O)(=O)Nc1ccco1. The Morgan fingerprint density at radius 3 is 2.65 bits per heavy atom. The van der Waals surface area contributed by atoms with Crippen LogP contribution in [0.2, 0.25) is 0 Å². The first-order valence-electron chi connectivity index (χ1n) is 4.91. The second-order valence-electron chi connectivity index (χ2n) is 3.61. The minimum atomic E-state index is -3.63. The Hall–Kier alpha value is -1.95. The number of benzene rings is 1. The van der Waals surface area contributed by atoms with Crippen LogP contribution in [0, 0.1) is 6.92 Å². The monoisotopic (exact) mass is 252 g/mol. The smallest absolute Gasteiger partial charge is 0.264 e. The molecule has 1 aromatic heterocycles. The highest BCUT2D eigenvalue weighted by atomic mass is 32.2. The van der Waals surface area contributed by atoms with Crippen molar-refractivity contribution in [2.75, 3.05) is 10.5 Å². The van der Waals surface area contributed by atoms with E-state index in [1.54, 1.807) is 25.1 Å². The van der Waals surface area contributed by atoms with Gasteiger partial charge in [-0.25, -0.2) is 13.1 Å². The fourth-order valence-corrected chi connectivity index (χ4v) is 2.72. The third kappa shape index (κ3) is 2.42. The minimum absolute atomic E-state index is 0.182. The number of furan rings is 1. The Bertz CT molecular complexity index is 618. The van der Waals surface area contributed by atoms with Crippen molar-refractivity contribution in [1.82, 2.24) is 0 Å². The summed E-state index contributed by atoms with van der Waals surface area (Å²) in [5.41, 5.74) is 6.69. The van der Waals surface area contributed by atoms with Gasteiger partial charge in [0.05, 0.1) is 11.2 Å². The number of hydrogen-bond donors (Lipinski definition) is 2. The van der Waals surface area contributed by atoms with Crippen molar-refractivity contribution in [2.24, 2.45) is 0 Å². The van der Waals surface area contributed by atoms with Crippen LogP contribution < -0.4 is 10.5 Å². The first kappa shape index (κ1) is 11.5. The maximum absolute atomic E-state index is 12.0. The quantitative estimate of drug-likeness (QED) is 0.818. The largest absolute Gasteiger partial charge is 0.448 e. The molecule has 0 amide bonds. The zero-order valence-electron chi connectivity index (χ0n) is 9.17. The molecule has 0 unspecified atom stereocenters. The first-order valence-corrected chi connectivity index (χ1v) is 6.40. The number of rotatable bonds is 3. The Morgan fingerprint density at radius 1 is 1.29 bits per heavy atom. The van der Waals surface area contributed by atoms with Gasteiger partial charge >= 0.3 is 0 Å². The van der Waals surface area contributed by atoms with E-state index in [9.17, 15) is 8.42 Å². The van der Waals surface area contributed by atoms with Gasteiger partial charge in [-0.2, -0.15) is 0 Å². The number of nitrogens with one attached hydrogen (secondary N) is 1. The molecule has 0 aliphatic carbocycles. The van der Waals surface area contributed by atoms with Crippen LogP contribution in [0.25, 0.3) is 0 Å². The fourth-order valence-electron chi connectivity index (χ4n) is 1.50. The summed E-state index contributed by atoms with van der Waals surface area (Å²) in [7, 11) is -3.63. The summed E-state index contributed by atoms with van der Waals surface area (Å²) < 4.78 is 31.3. The van der Waals surface area contributed by atoms with Gasteiger partial charge in [-0.3, -0.25) is 0 Å². The van der Waals surface area contributed by atoms with Crippen LogP contribution in [0.4, 0.5) is 11.6 Å². The fraction of sp³-hybridized carbons (Fsp3) is 0.0909. The van der Waals surface area contributed by atoms with E-state index >= 15 is 0 Å². The van der Waals surface area contributed by atoms with Gasteiger partial charge < -0.3 is 10.2 Å². The van der Waals surface area contributed by atoms with Gasteiger partial charge in [0.2, 0.25) is 5.88 Å². The molecule has 17 heavy (non-hydrogen) atoms. The van der Waals surface area contributed by atoms with Crippen LogP contribution in [0.5, 0.6) is 0 Å². The highest BCUT2D eigenvalue weighted by Crippen LogP contribution is 2.21. The van der Waals surface area contributed by atoms with Crippen LogP contribution in [0.1, 0.15) is 5.56 Å². The molecular weight excluding hydrogens is 240 g/mol. The van der Waals surface area contributed by atoms with Gasteiger partial charge in [0.25, 0.3) is 10.0 Å². The van der Waals surface area contributed by atoms with Crippen molar-refractivity contribution in [3.8, 4) is 0 Å². The third-order valence-corrected chi connectivity index (χ3v) is 3.75. The summed E-state index contributed by atoms with van der Waals surface area (Å²) in [4.78, 5) is 0.183. The van der Waals surface area contributed by atoms with E-state index < -0.39 is 10.0 Å². The molecule has 0 aliphatic rings. The van der Waals surface area contributed by atoms with E-state index in [0.717, 1.165) is 0 Å². The Morgan fingerprint density at radius 2 is 2.06 bits per heavy atom. The van der Waals surface area contributed by atoms with Gasteiger partial charge in [0, 0.05) is 11.8 Å². The van der Waals surface area contributed by atoms with Gasteiger partial charge in [0.15, 0.2) is 0 Å². The number of nitrogen functional groups attached to an aromatic ring is 1. The maximum Gasteiger partial charge on any atom is 0.264 e. The number of aryl methyl sites for hydroxylation is 1. The molecule has 5 nitrogen and oxygen atoms in total. The van der Waals surface area contributed by atoms with E-state index in [1.807, 2.05) is 0 Å². The van der Waals surface area contributed by atoms with E-state index in [-0.39, 0.29) is 10.8 Å². The predicted octanol–water partition coefficient (Wildman–Crippen LogP) is 1.97. The summed E-state index contributed by atoms with van der Waals surface area (Å²) in [5, 5.41) is 0. The molecule has 1 aromatic carbocycles. The summed E-state index contributed by atoms with van der Waals surface area (Å²) in [6.07, 6.45) is 1.40. The van der Waals surface area contributed by atoms with E-state index in [1.165, 1.54) is 18.4 Å². The highest BCUT2D eigenvalue weighted by molar-refractivity contribution is 7.92. The second kappa shape index (κ2) is 4.14. The molecule has 0 saturated carbocycles. The van der Waals surface area contributed by atoms with Crippen molar-refractivity contribution in [3.63, 3.8) is 0 Å². The standard InChI is InChI=1S/C11H12N2O3S/c1-8-7-9(12)4-5-10(8)17(14,15)13-11-3-2-6-16-11/h2-7,13H,12H2,1H3. The molecule has 0 aliphatic heterocycles. The lowest BCUT2D eigenvalue weighted by atomic mass is 10.2. The van der Waals surface area contributed by atoms with E-state index in [4.69, 9.17) is 10.2 Å². The van der Waals surface area contributed by atoms with Gasteiger partial charge in [-0.1, -0.05) is 0 Å². The number of anilines is 2. The molecule has 0 saturated heterocycles. The molecule has 2 rings (SSSR count). The Labute approximate surface area is 99.3 Å². The average molecular weight is 252 g/mol. The molecule has 1 heterocycles. The van der Waals surface area contributed by atoms with Crippen LogP contribution >= 0.6 is 0 Å². The van der Waals surface area contributed by atoms with Gasteiger partial charge in [0.1, 0.15) is 0 Å². The highest BCUT2D eigenvalue weighted by Gasteiger charge is 2.17. The molecular formula is C11H12N2O3S. The van der Waals surface area contributed by atoms with Gasteiger partial charge in [-0.05, 0) is 36.8 Å². The minimum Gasteiger partial charge on any atom is -0.448 e. The predicted molar refractivity (Wildman–Crippen MR) is 65.1 cm³/mol. The zero-order valence-corrected chi connectivity index (χ0v) is 9.99. The van der Waals surface area contributed by atoms with Gasteiger partial charge in [-0.15, -0.1) is 0 Å². The lowest BCUT2D eigenvalue weighted by molar-refractivity contribution is 0.576. The summed E-state index contributed by atoms with van der Waals surface area (Å²) >= 11 is 0. The molecule has 2 aromatic rings.